The molecular weight excluding hydrogens is 411 g/mol. The van der Waals surface area contributed by atoms with Gasteiger partial charge in [-0.2, -0.15) is 0 Å². The van der Waals surface area contributed by atoms with E-state index < -0.39 is 30.2 Å². The number of nitrogen functional groups attached to an aromatic ring is 1. The fourth-order valence-electron chi connectivity index (χ4n) is 1.65. The number of carbonyl (C=O) groups excluding carboxylic acids is 3. The molecular formula is C14H11Cl3N4O5. The number of esters is 1. The Kier molecular flexibility index (Phi) is 6.67. The second-order valence-electron chi connectivity index (χ2n) is 4.68. The summed E-state index contributed by atoms with van der Waals surface area (Å²) in [6.45, 7) is -0.681. The first-order valence-electron chi connectivity index (χ1n) is 6.86. The number of anilines is 1. The lowest BCUT2D eigenvalue weighted by Gasteiger charge is -2.09. The molecule has 0 bridgehead atoms. The smallest absolute Gasteiger partial charge is 0.359 e. The highest BCUT2D eigenvalue weighted by molar-refractivity contribution is 6.46. The normalized spacial score (nSPS) is 10.3. The SMILES string of the molecule is Nc1c(Cl)c(Cl)nc(C(=O)OCC(=O)NC(=O)NCc2ccco2)c1Cl. The van der Waals surface area contributed by atoms with Gasteiger partial charge in [0.2, 0.25) is 0 Å². The number of nitrogens with one attached hydrogen (secondary N) is 2. The molecule has 0 atom stereocenters. The van der Waals surface area contributed by atoms with E-state index in [1.54, 1.807) is 12.1 Å². The molecule has 2 rings (SSSR count). The molecule has 0 spiro atoms. The Bertz CT molecular complexity index is 842. The maximum atomic E-state index is 11.9. The minimum atomic E-state index is -1.06. The molecule has 0 aromatic carbocycles. The number of carbonyl (C=O) groups is 3. The standard InChI is InChI=1S/C14H11Cl3N4O5/c15-8-10(18)9(16)12(17)21-11(8)13(23)26-5-7(22)20-14(24)19-4-6-2-1-3-25-6/h1-3H,4-5H2,(H2,18,21)(H2,19,20,22,24). The Morgan fingerprint density at radius 3 is 2.62 bits per heavy atom. The van der Waals surface area contributed by atoms with E-state index in [1.807, 2.05) is 5.32 Å². The van der Waals surface area contributed by atoms with Crippen LogP contribution in [0, 0.1) is 0 Å². The molecule has 0 radical (unpaired) electrons. The van der Waals surface area contributed by atoms with Gasteiger partial charge in [-0.25, -0.2) is 14.6 Å². The number of halogens is 3. The van der Waals surface area contributed by atoms with Crippen LogP contribution >= 0.6 is 34.8 Å². The predicted octanol–water partition coefficient (Wildman–Crippen LogP) is 2.40. The molecule has 0 aliphatic carbocycles. The number of furan rings is 1. The third-order valence-electron chi connectivity index (χ3n) is 2.86. The summed E-state index contributed by atoms with van der Waals surface area (Å²) in [5.74, 6) is -1.44. The van der Waals surface area contributed by atoms with Crippen molar-refractivity contribution in [3.63, 3.8) is 0 Å². The van der Waals surface area contributed by atoms with E-state index in [1.165, 1.54) is 6.26 Å². The van der Waals surface area contributed by atoms with Gasteiger partial charge in [0.15, 0.2) is 17.5 Å². The number of hydrogen-bond acceptors (Lipinski definition) is 7. The molecule has 2 aromatic rings. The van der Waals surface area contributed by atoms with Crippen LogP contribution in [0.4, 0.5) is 10.5 Å². The predicted molar refractivity (Wildman–Crippen MR) is 93.0 cm³/mol. The summed E-state index contributed by atoms with van der Waals surface area (Å²) in [4.78, 5) is 38.8. The minimum Gasteiger partial charge on any atom is -0.467 e. The molecule has 0 unspecified atom stereocenters. The highest BCUT2D eigenvalue weighted by Gasteiger charge is 2.22. The molecule has 0 aliphatic heterocycles. The number of ether oxygens (including phenoxy) is 1. The van der Waals surface area contributed by atoms with Crippen LogP contribution in [-0.4, -0.2) is 29.5 Å². The van der Waals surface area contributed by atoms with E-state index in [-0.39, 0.29) is 27.4 Å². The molecule has 3 amide bonds. The topological polar surface area (TPSA) is 137 Å². The fourth-order valence-corrected chi connectivity index (χ4v) is 2.24. The second-order valence-corrected chi connectivity index (χ2v) is 5.79. The van der Waals surface area contributed by atoms with Gasteiger partial charge in [0.05, 0.1) is 23.5 Å². The number of pyridine rings is 1. The molecule has 12 heteroatoms. The summed E-state index contributed by atoms with van der Waals surface area (Å²) in [7, 11) is 0. The van der Waals surface area contributed by atoms with Gasteiger partial charge in [0.1, 0.15) is 10.8 Å². The summed E-state index contributed by atoms with van der Waals surface area (Å²) >= 11 is 17.3. The van der Waals surface area contributed by atoms with E-state index in [0.717, 1.165) is 0 Å². The van der Waals surface area contributed by atoms with Gasteiger partial charge in [-0.05, 0) is 12.1 Å². The summed E-state index contributed by atoms with van der Waals surface area (Å²) in [5, 5.41) is 3.72. The maximum Gasteiger partial charge on any atom is 0.359 e. The number of nitrogens with zero attached hydrogens (tertiary/aromatic N) is 1. The lowest BCUT2D eigenvalue weighted by atomic mass is 10.3. The highest BCUT2D eigenvalue weighted by Crippen LogP contribution is 2.34. The van der Waals surface area contributed by atoms with E-state index >= 15 is 0 Å². The number of nitrogens with two attached hydrogens (primary N) is 1. The van der Waals surface area contributed by atoms with Crippen LogP contribution in [0.5, 0.6) is 0 Å². The Morgan fingerprint density at radius 1 is 1.23 bits per heavy atom. The lowest BCUT2D eigenvalue weighted by Crippen LogP contribution is -2.41. The number of imide groups is 1. The van der Waals surface area contributed by atoms with Gasteiger partial charge in [0, 0.05) is 0 Å². The molecule has 4 N–H and O–H groups in total. The van der Waals surface area contributed by atoms with Crippen LogP contribution in [0.25, 0.3) is 0 Å². The molecule has 0 fully saturated rings. The number of amides is 3. The van der Waals surface area contributed by atoms with Crippen LogP contribution in [0.3, 0.4) is 0 Å². The Morgan fingerprint density at radius 2 is 1.96 bits per heavy atom. The van der Waals surface area contributed by atoms with Crippen LogP contribution in [0.2, 0.25) is 15.2 Å². The van der Waals surface area contributed by atoms with Crippen LogP contribution in [0.1, 0.15) is 16.2 Å². The number of aromatic nitrogens is 1. The average molecular weight is 422 g/mol. The van der Waals surface area contributed by atoms with Crippen LogP contribution in [-0.2, 0) is 16.1 Å². The van der Waals surface area contributed by atoms with E-state index in [4.69, 9.17) is 49.7 Å². The van der Waals surface area contributed by atoms with Crippen LogP contribution in [0.15, 0.2) is 22.8 Å². The van der Waals surface area contributed by atoms with Crippen molar-refractivity contribution in [2.45, 2.75) is 6.54 Å². The van der Waals surface area contributed by atoms with E-state index in [2.05, 4.69) is 10.3 Å². The van der Waals surface area contributed by atoms with Crippen molar-refractivity contribution in [2.75, 3.05) is 12.3 Å². The zero-order chi connectivity index (χ0) is 19.3. The largest absolute Gasteiger partial charge is 0.467 e. The molecule has 0 aliphatic rings. The van der Waals surface area contributed by atoms with Gasteiger partial charge in [-0.15, -0.1) is 0 Å². The molecule has 2 heterocycles. The Balaban J connectivity index is 1.85. The third kappa shape index (κ3) is 5.01. The zero-order valence-electron chi connectivity index (χ0n) is 12.8. The van der Waals surface area contributed by atoms with Crippen molar-refractivity contribution in [2.24, 2.45) is 0 Å². The molecule has 138 valence electrons. The van der Waals surface area contributed by atoms with E-state index in [9.17, 15) is 14.4 Å². The first kappa shape index (κ1) is 19.8. The Hall–Kier alpha value is -2.49. The third-order valence-corrected chi connectivity index (χ3v) is 3.99. The molecule has 9 nitrogen and oxygen atoms in total. The average Bonchev–Trinajstić information content (AvgIpc) is 3.12. The van der Waals surface area contributed by atoms with Crippen molar-refractivity contribution in [3.8, 4) is 0 Å². The summed E-state index contributed by atoms with van der Waals surface area (Å²) in [5.41, 5.74) is 5.02. The molecule has 2 aromatic heterocycles. The zero-order valence-corrected chi connectivity index (χ0v) is 15.1. The van der Waals surface area contributed by atoms with Gasteiger partial charge in [-0.1, -0.05) is 34.8 Å². The quantitative estimate of drug-likeness (QED) is 0.498. The maximum absolute atomic E-state index is 11.9. The highest BCUT2D eigenvalue weighted by atomic mass is 35.5. The molecule has 26 heavy (non-hydrogen) atoms. The van der Waals surface area contributed by atoms with Crippen molar-refractivity contribution in [1.82, 2.24) is 15.6 Å². The lowest BCUT2D eigenvalue weighted by molar-refractivity contribution is -0.123. The van der Waals surface area contributed by atoms with Gasteiger partial charge in [-0.3, -0.25) is 10.1 Å². The number of hydrogen-bond donors (Lipinski definition) is 3. The van der Waals surface area contributed by atoms with Crippen molar-refractivity contribution in [3.05, 3.63) is 45.0 Å². The minimum absolute atomic E-state index is 0.0774. The fraction of sp³-hybridized carbons (Fsp3) is 0.143. The summed E-state index contributed by atoms with van der Waals surface area (Å²) in [6, 6.07) is 2.50. The van der Waals surface area contributed by atoms with Gasteiger partial charge in [0.25, 0.3) is 5.91 Å². The first-order valence-corrected chi connectivity index (χ1v) is 8.00. The van der Waals surface area contributed by atoms with Crippen LogP contribution < -0.4 is 16.4 Å². The van der Waals surface area contributed by atoms with Gasteiger partial charge >= 0.3 is 12.0 Å². The Labute approximate surface area is 161 Å². The number of urea groups is 1. The second kappa shape index (κ2) is 8.75. The van der Waals surface area contributed by atoms with Crippen molar-refractivity contribution >= 4 is 58.4 Å². The molecule has 0 saturated heterocycles. The first-order chi connectivity index (χ1) is 12.3. The molecule has 0 saturated carbocycles. The van der Waals surface area contributed by atoms with Crippen molar-refractivity contribution in [1.29, 1.82) is 0 Å². The number of rotatable bonds is 5. The van der Waals surface area contributed by atoms with Gasteiger partial charge < -0.3 is 20.2 Å². The monoisotopic (exact) mass is 420 g/mol. The summed E-state index contributed by atoms with van der Waals surface area (Å²) < 4.78 is 9.73. The van der Waals surface area contributed by atoms with E-state index in [0.29, 0.717) is 5.76 Å². The summed E-state index contributed by atoms with van der Waals surface area (Å²) in [6.07, 6.45) is 1.44. The van der Waals surface area contributed by atoms with Crippen molar-refractivity contribution < 1.29 is 23.5 Å².